The smallest absolute Gasteiger partial charge is 0.265 e. The Bertz CT molecular complexity index is 1220. The topological polar surface area (TPSA) is 74.8 Å². The molecular weight excluding hydrogens is 476 g/mol. The first kappa shape index (κ1) is 25.2. The molecule has 0 unspecified atom stereocenters. The van der Waals surface area contributed by atoms with Crippen LogP contribution in [0.4, 0.5) is 8.78 Å². The number of amidine groups is 1. The van der Waals surface area contributed by atoms with Crippen LogP contribution in [0.5, 0.6) is 0 Å². The summed E-state index contributed by atoms with van der Waals surface area (Å²) in [4.78, 5) is 22.8. The molecule has 0 aliphatic carbocycles. The Balaban J connectivity index is 1.24. The summed E-state index contributed by atoms with van der Waals surface area (Å²) in [7, 11) is 0. The first-order valence-electron chi connectivity index (χ1n) is 12.9. The summed E-state index contributed by atoms with van der Waals surface area (Å²) in [5.74, 6) is 1.33. The van der Waals surface area contributed by atoms with E-state index in [2.05, 4.69) is 15.1 Å². The number of rotatable bonds is 8. The Labute approximate surface area is 215 Å². The first-order chi connectivity index (χ1) is 17.9. The van der Waals surface area contributed by atoms with Crippen LogP contribution in [0.15, 0.2) is 57.9 Å². The predicted octanol–water partition coefficient (Wildman–Crippen LogP) is 4.68. The van der Waals surface area contributed by atoms with E-state index in [1.165, 1.54) is 24.3 Å². The molecule has 0 saturated carbocycles. The van der Waals surface area contributed by atoms with Crippen molar-refractivity contribution < 1.29 is 18.0 Å². The standard InChI is InChI=1S/C28H31F2N5O2/c1-3-25-32-33-26(37-25)20-13-17-34(18-14-20)15-4-16-35-19(2)31-28(27(35)36,21-5-9-23(29)10-6-21)22-7-11-24(30)12-8-22/h5-12,20H,3-4,13-18H2,1-2H3. The Kier molecular flexibility index (Phi) is 7.15. The minimum absolute atomic E-state index is 0.204. The van der Waals surface area contributed by atoms with Crippen LogP contribution in [0.25, 0.3) is 0 Å². The number of hydrogen-bond donors (Lipinski definition) is 0. The highest BCUT2D eigenvalue weighted by Gasteiger charge is 2.49. The maximum Gasteiger partial charge on any atom is 0.265 e. The fourth-order valence-corrected chi connectivity index (χ4v) is 5.31. The third-order valence-corrected chi connectivity index (χ3v) is 7.38. The van der Waals surface area contributed by atoms with Crippen molar-refractivity contribution in [2.24, 2.45) is 4.99 Å². The molecule has 1 saturated heterocycles. The molecule has 9 heteroatoms. The average molecular weight is 508 g/mol. The van der Waals surface area contributed by atoms with Crippen molar-refractivity contribution in [3.63, 3.8) is 0 Å². The number of hydrogen-bond acceptors (Lipinski definition) is 6. The highest BCUT2D eigenvalue weighted by atomic mass is 19.1. The number of aromatic nitrogens is 2. The molecular formula is C28H31F2N5O2. The van der Waals surface area contributed by atoms with Gasteiger partial charge in [-0.15, -0.1) is 10.2 Å². The second-order valence-corrected chi connectivity index (χ2v) is 9.70. The quantitative estimate of drug-likeness (QED) is 0.443. The van der Waals surface area contributed by atoms with Crippen molar-refractivity contribution in [1.82, 2.24) is 20.0 Å². The SMILES string of the molecule is CCc1nnc(C2CCN(CCCN3C(=O)C(c4ccc(F)cc4)(c4ccc(F)cc4)N=C3C)CC2)o1. The molecule has 2 aromatic carbocycles. The molecule has 0 N–H and O–H groups in total. The number of amides is 1. The van der Waals surface area contributed by atoms with Gasteiger partial charge in [0.25, 0.3) is 5.91 Å². The molecule has 0 radical (unpaired) electrons. The monoisotopic (exact) mass is 507 g/mol. The summed E-state index contributed by atoms with van der Waals surface area (Å²) in [6.07, 6.45) is 3.46. The zero-order valence-electron chi connectivity index (χ0n) is 21.2. The third-order valence-electron chi connectivity index (χ3n) is 7.38. The molecule has 2 aliphatic heterocycles. The van der Waals surface area contributed by atoms with Crippen molar-refractivity contribution in [2.45, 2.75) is 51.0 Å². The van der Waals surface area contributed by atoms with Crippen LogP contribution >= 0.6 is 0 Å². The van der Waals surface area contributed by atoms with Crippen LogP contribution in [-0.2, 0) is 16.8 Å². The molecule has 5 rings (SSSR count). The van der Waals surface area contributed by atoms with E-state index in [0.717, 1.165) is 51.2 Å². The first-order valence-corrected chi connectivity index (χ1v) is 12.9. The molecule has 1 fully saturated rings. The summed E-state index contributed by atoms with van der Waals surface area (Å²) >= 11 is 0. The van der Waals surface area contributed by atoms with Gasteiger partial charge in [0, 0.05) is 18.9 Å². The number of benzene rings is 2. The summed E-state index contributed by atoms with van der Waals surface area (Å²) < 4.78 is 33.1. The van der Waals surface area contributed by atoms with E-state index in [0.29, 0.717) is 35.3 Å². The maximum atomic E-state index is 13.9. The number of halogens is 2. The van der Waals surface area contributed by atoms with Gasteiger partial charge in [0.05, 0.1) is 0 Å². The van der Waals surface area contributed by atoms with Gasteiger partial charge in [0.1, 0.15) is 17.5 Å². The predicted molar refractivity (Wildman–Crippen MR) is 135 cm³/mol. The van der Waals surface area contributed by atoms with Crippen molar-refractivity contribution in [1.29, 1.82) is 0 Å². The van der Waals surface area contributed by atoms with Gasteiger partial charge in [-0.2, -0.15) is 0 Å². The minimum atomic E-state index is -1.36. The van der Waals surface area contributed by atoms with E-state index < -0.39 is 17.2 Å². The van der Waals surface area contributed by atoms with Crippen LogP contribution in [0.2, 0.25) is 0 Å². The number of piperidine rings is 1. The zero-order valence-corrected chi connectivity index (χ0v) is 21.2. The van der Waals surface area contributed by atoms with Crippen LogP contribution in [0.1, 0.15) is 61.9 Å². The van der Waals surface area contributed by atoms with E-state index in [1.807, 2.05) is 13.8 Å². The van der Waals surface area contributed by atoms with Gasteiger partial charge in [-0.1, -0.05) is 31.2 Å². The molecule has 3 heterocycles. The van der Waals surface area contributed by atoms with Crippen molar-refractivity contribution in [3.05, 3.63) is 83.1 Å². The number of carbonyl (C=O) groups is 1. The largest absolute Gasteiger partial charge is 0.425 e. The van der Waals surface area contributed by atoms with Crippen LogP contribution in [-0.4, -0.2) is 57.9 Å². The highest BCUT2D eigenvalue weighted by Crippen LogP contribution is 2.40. The second-order valence-electron chi connectivity index (χ2n) is 9.70. The second kappa shape index (κ2) is 10.5. The van der Waals surface area contributed by atoms with Crippen LogP contribution < -0.4 is 0 Å². The average Bonchev–Trinajstić information content (AvgIpc) is 3.49. The lowest BCUT2D eigenvalue weighted by Gasteiger charge is -2.31. The van der Waals surface area contributed by atoms with E-state index in [1.54, 1.807) is 29.2 Å². The highest BCUT2D eigenvalue weighted by molar-refractivity contribution is 6.09. The number of carbonyl (C=O) groups excluding carboxylic acids is 1. The van der Waals surface area contributed by atoms with Gasteiger partial charge in [-0.25, -0.2) is 13.8 Å². The lowest BCUT2D eigenvalue weighted by Crippen LogP contribution is -2.43. The minimum Gasteiger partial charge on any atom is -0.425 e. The van der Waals surface area contributed by atoms with E-state index in [-0.39, 0.29) is 5.91 Å². The molecule has 0 bridgehead atoms. The summed E-state index contributed by atoms with van der Waals surface area (Å²) in [5, 5.41) is 8.29. The Morgan fingerprint density at radius 2 is 1.54 bits per heavy atom. The Morgan fingerprint density at radius 1 is 0.946 bits per heavy atom. The van der Waals surface area contributed by atoms with Gasteiger partial charge < -0.3 is 9.32 Å². The van der Waals surface area contributed by atoms with Crippen molar-refractivity contribution in [3.8, 4) is 0 Å². The van der Waals surface area contributed by atoms with Crippen LogP contribution in [0, 0.1) is 11.6 Å². The lowest BCUT2D eigenvalue weighted by molar-refractivity contribution is -0.130. The van der Waals surface area contributed by atoms with Gasteiger partial charge in [0.2, 0.25) is 11.8 Å². The Morgan fingerprint density at radius 3 is 2.08 bits per heavy atom. The zero-order chi connectivity index (χ0) is 26.0. The number of nitrogens with zero attached hydrogens (tertiary/aromatic N) is 5. The fraction of sp³-hybridized carbons (Fsp3) is 0.429. The van der Waals surface area contributed by atoms with Gasteiger partial charge in [0.15, 0.2) is 5.54 Å². The molecule has 194 valence electrons. The molecule has 3 aromatic rings. The molecule has 0 spiro atoms. The Hall–Kier alpha value is -3.46. The summed E-state index contributed by atoms with van der Waals surface area (Å²) in [6, 6.07) is 11.6. The fourth-order valence-electron chi connectivity index (χ4n) is 5.31. The van der Waals surface area contributed by atoms with Gasteiger partial charge in [-0.05, 0) is 81.2 Å². The van der Waals surface area contributed by atoms with E-state index in [4.69, 9.17) is 9.41 Å². The molecule has 2 aliphatic rings. The maximum absolute atomic E-state index is 13.9. The van der Waals surface area contributed by atoms with Gasteiger partial charge >= 0.3 is 0 Å². The molecule has 0 atom stereocenters. The number of aliphatic imine (C=N–C) groups is 1. The number of likely N-dealkylation sites (tertiary alicyclic amines) is 1. The third kappa shape index (κ3) is 4.92. The lowest BCUT2D eigenvalue weighted by atomic mass is 9.82. The van der Waals surface area contributed by atoms with E-state index >= 15 is 0 Å². The van der Waals surface area contributed by atoms with Crippen LogP contribution in [0.3, 0.4) is 0 Å². The van der Waals surface area contributed by atoms with Crippen molar-refractivity contribution in [2.75, 3.05) is 26.2 Å². The normalized spacial score (nSPS) is 18.4. The summed E-state index contributed by atoms with van der Waals surface area (Å²) in [5.41, 5.74) is -0.242. The van der Waals surface area contributed by atoms with Crippen molar-refractivity contribution >= 4 is 11.7 Å². The molecule has 37 heavy (non-hydrogen) atoms. The van der Waals surface area contributed by atoms with Gasteiger partial charge in [-0.3, -0.25) is 9.69 Å². The molecule has 1 amide bonds. The number of aryl methyl sites for hydroxylation is 1. The molecule has 1 aromatic heterocycles. The van der Waals surface area contributed by atoms with E-state index in [9.17, 15) is 13.6 Å². The summed E-state index contributed by atoms with van der Waals surface area (Å²) in [6.45, 7) is 7.05. The molecule has 7 nitrogen and oxygen atoms in total.